The smallest absolute Gasteiger partial charge is 0.243 e. The maximum Gasteiger partial charge on any atom is 0.243 e. The Balaban J connectivity index is 3.12. The average molecular weight is 316 g/mol. The Morgan fingerprint density at radius 2 is 1.76 bits per heavy atom. The van der Waals surface area contributed by atoms with Gasteiger partial charge in [0.25, 0.3) is 0 Å². The number of hydrogen-bond donors (Lipinski definition) is 1. The van der Waals surface area contributed by atoms with Crippen LogP contribution in [0.3, 0.4) is 0 Å². The Kier molecular flexibility index (Phi) is 5.90. The maximum absolute atomic E-state index is 13.8. The largest absolute Gasteiger partial charge is 0.308 e. The molecule has 0 saturated heterocycles. The summed E-state index contributed by atoms with van der Waals surface area (Å²) in [7, 11) is -3.56. The van der Waals surface area contributed by atoms with E-state index in [1.54, 1.807) is 13.8 Å². The molecule has 0 heterocycles. The molecule has 1 aromatic rings. The van der Waals surface area contributed by atoms with E-state index in [2.05, 4.69) is 5.32 Å². The van der Waals surface area contributed by atoms with Crippen molar-refractivity contribution in [1.29, 1.82) is 0 Å². The van der Waals surface area contributed by atoms with Gasteiger partial charge in [0.1, 0.15) is 5.82 Å². The van der Waals surface area contributed by atoms with E-state index in [0.717, 1.165) is 0 Å². The van der Waals surface area contributed by atoms with Gasteiger partial charge in [-0.05, 0) is 39.0 Å². The molecule has 0 amide bonds. The summed E-state index contributed by atoms with van der Waals surface area (Å²) in [6.45, 7) is 10.6. The van der Waals surface area contributed by atoms with Crippen LogP contribution in [0.5, 0.6) is 0 Å². The summed E-state index contributed by atoms with van der Waals surface area (Å²) < 4.78 is 40.1. The van der Waals surface area contributed by atoms with Crippen molar-refractivity contribution in [3.05, 3.63) is 29.6 Å². The number of sulfonamides is 1. The van der Waals surface area contributed by atoms with Crippen LogP contribution in [0.15, 0.2) is 23.1 Å². The SMILES string of the molecule is CCN(CC)S(=O)(=O)c1ccc(F)c(CNC(C)(C)C)c1. The van der Waals surface area contributed by atoms with Crippen LogP contribution in [-0.4, -0.2) is 31.4 Å². The summed E-state index contributed by atoms with van der Waals surface area (Å²) in [6.07, 6.45) is 0. The first kappa shape index (κ1) is 18.1. The molecule has 0 bridgehead atoms. The predicted octanol–water partition coefficient (Wildman–Crippen LogP) is 2.74. The van der Waals surface area contributed by atoms with Gasteiger partial charge in [0.05, 0.1) is 4.90 Å². The molecule has 0 aliphatic rings. The van der Waals surface area contributed by atoms with Gasteiger partial charge in [-0.15, -0.1) is 0 Å². The topological polar surface area (TPSA) is 49.4 Å². The summed E-state index contributed by atoms with van der Waals surface area (Å²) in [6, 6.07) is 3.96. The lowest BCUT2D eigenvalue weighted by Gasteiger charge is -2.22. The first-order valence-corrected chi connectivity index (χ1v) is 8.59. The van der Waals surface area contributed by atoms with Gasteiger partial charge in [-0.2, -0.15) is 4.31 Å². The van der Waals surface area contributed by atoms with Crippen molar-refractivity contribution in [3.63, 3.8) is 0 Å². The highest BCUT2D eigenvalue weighted by molar-refractivity contribution is 7.89. The molecule has 0 saturated carbocycles. The first-order chi connectivity index (χ1) is 9.61. The quantitative estimate of drug-likeness (QED) is 0.878. The van der Waals surface area contributed by atoms with Gasteiger partial charge in [0, 0.05) is 30.7 Å². The summed E-state index contributed by atoms with van der Waals surface area (Å²) in [4.78, 5) is 0.137. The lowest BCUT2D eigenvalue weighted by atomic mass is 10.1. The number of halogens is 1. The Labute approximate surface area is 127 Å². The fourth-order valence-electron chi connectivity index (χ4n) is 1.92. The molecule has 6 heteroatoms. The Bertz CT molecular complexity index is 576. The number of benzene rings is 1. The second-order valence-corrected chi connectivity index (χ2v) is 7.88. The second-order valence-electron chi connectivity index (χ2n) is 5.95. The minimum atomic E-state index is -3.56. The van der Waals surface area contributed by atoms with Crippen molar-refractivity contribution in [3.8, 4) is 0 Å². The van der Waals surface area contributed by atoms with Crippen molar-refractivity contribution >= 4 is 10.0 Å². The number of hydrogen-bond acceptors (Lipinski definition) is 3. The van der Waals surface area contributed by atoms with Gasteiger partial charge in [-0.1, -0.05) is 13.8 Å². The van der Waals surface area contributed by atoms with Crippen LogP contribution in [0.1, 0.15) is 40.2 Å². The second kappa shape index (κ2) is 6.85. The van der Waals surface area contributed by atoms with Crippen molar-refractivity contribution in [1.82, 2.24) is 9.62 Å². The number of nitrogens with one attached hydrogen (secondary N) is 1. The van der Waals surface area contributed by atoms with Gasteiger partial charge in [0.2, 0.25) is 10.0 Å². The maximum atomic E-state index is 13.8. The molecular formula is C15H25FN2O2S. The minimum Gasteiger partial charge on any atom is -0.308 e. The molecule has 120 valence electrons. The highest BCUT2D eigenvalue weighted by Gasteiger charge is 2.22. The highest BCUT2D eigenvalue weighted by Crippen LogP contribution is 2.19. The number of rotatable bonds is 6. The zero-order valence-electron chi connectivity index (χ0n) is 13.4. The molecule has 0 aliphatic carbocycles. The van der Waals surface area contributed by atoms with Crippen LogP contribution in [-0.2, 0) is 16.6 Å². The van der Waals surface area contributed by atoms with Gasteiger partial charge in [0.15, 0.2) is 0 Å². The van der Waals surface area contributed by atoms with Crippen LogP contribution in [0, 0.1) is 5.82 Å². The summed E-state index contributed by atoms with van der Waals surface area (Å²) in [5.74, 6) is -0.398. The van der Waals surface area contributed by atoms with Crippen LogP contribution < -0.4 is 5.32 Å². The van der Waals surface area contributed by atoms with Crippen LogP contribution in [0.25, 0.3) is 0 Å². The predicted molar refractivity (Wildman–Crippen MR) is 83.1 cm³/mol. The Hall–Kier alpha value is -0.980. The van der Waals surface area contributed by atoms with E-state index < -0.39 is 15.8 Å². The van der Waals surface area contributed by atoms with E-state index in [1.165, 1.54) is 22.5 Å². The number of nitrogens with zero attached hydrogens (tertiary/aromatic N) is 1. The molecule has 0 fully saturated rings. The zero-order chi connectivity index (χ0) is 16.3. The third-order valence-corrected chi connectivity index (χ3v) is 5.22. The molecule has 1 rings (SSSR count). The zero-order valence-corrected chi connectivity index (χ0v) is 14.2. The molecule has 0 spiro atoms. The molecule has 1 aromatic carbocycles. The van der Waals surface area contributed by atoms with E-state index in [4.69, 9.17) is 0 Å². The van der Waals surface area contributed by atoms with Gasteiger partial charge >= 0.3 is 0 Å². The first-order valence-electron chi connectivity index (χ1n) is 7.15. The third-order valence-electron chi connectivity index (χ3n) is 3.17. The van der Waals surface area contributed by atoms with Crippen molar-refractivity contribution < 1.29 is 12.8 Å². The fraction of sp³-hybridized carbons (Fsp3) is 0.600. The monoisotopic (exact) mass is 316 g/mol. The van der Waals surface area contributed by atoms with Crippen molar-refractivity contribution in [2.75, 3.05) is 13.1 Å². The minimum absolute atomic E-state index is 0.137. The van der Waals surface area contributed by atoms with E-state index in [1.807, 2.05) is 20.8 Å². The molecule has 0 aliphatic heterocycles. The van der Waals surface area contributed by atoms with Crippen molar-refractivity contribution in [2.45, 2.75) is 51.6 Å². The van der Waals surface area contributed by atoms with Crippen LogP contribution in [0.2, 0.25) is 0 Å². The summed E-state index contributed by atoms with van der Waals surface area (Å²) in [5.41, 5.74) is 0.193. The lowest BCUT2D eigenvalue weighted by molar-refractivity contribution is 0.418. The molecule has 21 heavy (non-hydrogen) atoms. The Morgan fingerprint density at radius 1 is 1.19 bits per heavy atom. The van der Waals surface area contributed by atoms with Gasteiger partial charge in [-0.25, -0.2) is 12.8 Å². The molecule has 0 aromatic heterocycles. The highest BCUT2D eigenvalue weighted by atomic mass is 32.2. The van der Waals surface area contributed by atoms with Gasteiger partial charge in [-0.3, -0.25) is 0 Å². The van der Waals surface area contributed by atoms with Crippen LogP contribution in [0.4, 0.5) is 4.39 Å². The van der Waals surface area contributed by atoms with E-state index in [0.29, 0.717) is 18.7 Å². The molecule has 1 N–H and O–H groups in total. The van der Waals surface area contributed by atoms with Gasteiger partial charge < -0.3 is 5.32 Å². The molecular weight excluding hydrogens is 291 g/mol. The third kappa shape index (κ3) is 4.76. The lowest BCUT2D eigenvalue weighted by Crippen LogP contribution is -2.35. The van der Waals surface area contributed by atoms with E-state index in [9.17, 15) is 12.8 Å². The summed E-state index contributed by atoms with van der Waals surface area (Å²) >= 11 is 0. The molecule has 0 radical (unpaired) electrons. The standard InChI is InChI=1S/C15H25FN2O2S/c1-6-18(7-2)21(19,20)13-8-9-14(16)12(10-13)11-17-15(3,4)5/h8-10,17H,6-7,11H2,1-5H3. The molecule has 0 atom stereocenters. The summed E-state index contributed by atoms with van der Waals surface area (Å²) in [5, 5.41) is 3.17. The Morgan fingerprint density at radius 3 is 2.24 bits per heavy atom. The average Bonchev–Trinajstić information content (AvgIpc) is 2.37. The van der Waals surface area contributed by atoms with E-state index in [-0.39, 0.29) is 17.0 Å². The fourth-order valence-corrected chi connectivity index (χ4v) is 3.43. The van der Waals surface area contributed by atoms with Crippen molar-refractivity contribution in [2.24, 2.45) is 0 Å². The molecule has 0 unspecified atom stereocenters. The molecule has 4 nitrogen and oxygen atoms in total. The van der Waals surface area contributed by atoms with Crippen LogP contribution >= 0.6 is 0 Å². The normalized spacial score (nSPS) is 12.9. The van der Waals surface area contributed by atoms with E-state index >= 15 is 0 Å².